The van der Waals surface area contributed by atoms with Crippen molar-refractivity contribution < 1.29 is 9.18 Å². The molecule has 26 heavy (non-hydrogen) atoms. The molecule has 0 aliphatic rings. The Morgan fingerprint density at radius 2 is 1.81 bits per heavy atom. The summed E-state index contributed by atoms with van der Waals surface area (Å²) < 4.78 is 14.1. The quantitative estimate of drug-likeness (QED) is 0.639. The van der Waals surface area contributed by atoms with Gasteiger partial charge < -0.3 is 0 Å². The summed E-state index contributed by atoms with van der Waals surface area (Å²) in [5.74, 6) is -0.726. The average molecular weight is 369 g/mol. The standard InChI is InChI=1S/C20H20FN3OS/c1-13(2)12-24(19(25)16-6-4-5-7-17(16)21)20-23-22-18(26-20)15-10-8-14(3)9-11-15/h4-11,13H,12H2,1-3H3. The highest BCUT2D eigenvalue weighted by Crippen LogP contribution is 2.30. The summed E-state index contributed by atoms with van der Waals surface area (Å²) in [5, 5.41) is 9.63. The predicted octanol–water partition coefficient (Wildman–Crippen LogP) is 4.96. The molecule has 0 N–H and O–H groups in total. The first-order chi connectivity index (χ1) is 12.5. The van der Waals surface area contributed by atoms with E-state index < -0.39 is 11.7 Å². The van der Waals surface area contributed by atoms with E-state index >= 15 is 0 Å². The number of benzene rings is 2. The van der Waals surface area contributed by atoms with Crippen molar-refractivity contribution in [2.24, 2.45) is 5.92 Å². The Labute approximate surface area is 156 Å². The maximum Gasteiger partial charge on any atom is 0.263 e. The molecule has 1 heterocycles. The lowest BCUT2D eigenvalue weighted by Gasteiger charge is -2.21. The van der Waals surface area contributed by atoms with E-state index in [4.69, 9.17) is 0 Å². The summed E-state index contributed by atoms with van der Waals surface area (Å²) in [7, 11) is 0. The van der Waals surface area contributed by atoms with Crippen LogP contribution in [0.4, 0.5) is 9.52 Å². The van der Waals surface area contributed by atoms with Crippen LogP contribution in [-0.4, -0.2) is 22.6 Å². The lowest BCUT2D eigenvalue weighted by Crippen LogP contribution is -2.34. The number of aryl methyl sites for hydroxylation is 1. The van der Waals surface area contributed by atoms with E-state index in [0.717, 1.165) is 16.1 Å². The van der Waals surface area contributed by atoms with E-state index in [-0.39, 0.29) is 11.5 Å². The number of carbonyl (C=O) groups excluding carboxylic acids is 1. The number of aromatic nitrogens is 2. The molecule has 0 fully saturated rings. The molecule has 134 valence electrons. The van der Waals surface area contributed by atoms with Crippen LogP contribution >= 0.6 is 11.3 Å². The molecule has 6 heteroatoms. The number of halogens is 1. The van der Waals surface area contributed by atoms with Gasteiger partial charge in [-0.15, -0.1) is 10.2 Å². The van der Waals surface area contributed by atoms with Gasteiger partial charge >= 0.3 is 0 Å². The molecule has 4 nitrogen and oxygen atoms in total. The molecule has 0 radical (unpaired) electrons. The van der Waals surface area contributed by atoms with E-state index in [1.807, 2.05) is 45.0 Å². The van der Waals surface area contributed by atoms with Gasteiger partial charge in [-0.1, -0.05) is 67.1 Å². The second-order valence-corrected chi connectivity index (χ2v) is 7.50. The molecule has 0 bridgehead atoms. The normalized spacial score (nSPS) is 11.0. The Morgan fingerprint density at radius 1 is 1.12 bits per heavy atom. The van der Waals surface area contributed by atoms with E-state index in [2.05, 4.69) is 10.2 Å². The molecule has 0 atom stereocenters. The lowest BCUT2D eigenvalue weighted by molar-refractivity contribution is 0.0980. The van der Waals surface area contributed by atoms with Gasteiger partial charge in [-0.05, 0) is 25.0 Å². The topological polar surface area (TPSA) is 46.1 Å². The molecule has 3 aromatic rings. The lowest BCUT2D eigenvalue weighted by atomic mass is 10.1. The third-order valence-corrected chi connectivity index (χ3v) is 4.84. The van der Waals surface area contributed by atoms with Crippen LogP contribution in [0.25, 0.3) is 10.6 Å². The van der Waals surface area contributed by atoms with Crippen molar-refractivity contribution >= 4 is 22.4 Å². The highest BCUT2D eigenvalue weighted by atomic mass is 32.1. The molecule has 0 saturated heterocycles. The SMILES string of the molecule is Cc1ccc(-c2nnc(N(CC(C)C)C(=O)c3ccccc3F)s2)cc1. The smallest absolute Gasteiger partial charge is 0.263 e. The van der Waals surface area contributed by atoms with Gasteiger partial charge in [-0.3, -0.25) is 9.69 Å². The number of anilines is 1. The fourth-order valence-electron chi connectivity index (χ4n) is 2.53. The molecule has 1 amide bonds. The molecule has 0 saturated carbocycles. The first kappa shape index (κ1) is 18.2. The zero-order valence-electron chi connectivity index (χ0n) is 14.9. The molecule has 3 rings (SSSR count). The van der Waals surface area contributed by atoms with Crippen LogP contribution < -0.4 is 4.90 Å². The maximum atomic E-state index is 14.1. The summed E-state index contributed by atoms with van der Waals surface area (Å²) in [6.07, 6.45) is 0. The zero-order valence-corrected chi connectivity index (χ0v) is 15.8. The van der Waals surface area contributed by atoms with Gasteiger partial charge in [-0.25, -0.2) is 4.39 Å². The summed E-state index contributed by atoms with van der Waals surface area (Å²) in [6, 6.07) is 14.0. The Kier molecular flexibility index (Phi) is 5.42. The summed E-state index contributed by atoms with van der Waals surface area (Å²) in [5.41, 5.74) is 2.15. The molecule has 1 aromatic heterocycles. The average Bonchev–Trinajstić information content (AvgIpc) is 3.10. The predicted molar refractivity (Wildman–Crippen MR) is 103 cm³/mol. The highest BCUT2D eigenvalue weighted by Gasteiger charge is 2.24. The van der Waals surface area contributed by atoms with Crippen molar-refractivity contribution in [2.75, 3.05) is 11.4 Å². The fourth-order valence-corrected chi connectivity index (χ4v) is 3.39. The Hall–Kier alpha value is -2.60. The van der Waals surface area contributed by atoms with E-state index in [1.165, 1.54) is 28.4 Å². The van der Waals surface area contributed by atoms with Crippen LogP contribution in [0.3, 0.4) is 0 Å². The number of hydrogen-bond donors (Lipinski definition) is 0. The third kappa shape index (κ3) is 3.96. The van der Waals surface area contributed by atoms with Crippen LogP contribution in [0.5, 0.6) is 0 Å². The van der Waals surface area contributed by atoms with Gasteiger partial charge in [-0.2, -0.15) is 0 Å². The number of carbonyl (C=O) groups is 1. The molecule has 0 aliphatic heterocycles. The van der Waals surface area contributed by atoms with Crippen LogP contribution in [0.1, 0.15) is 29.8 Å². The van der Waals surface area contributed by atoms with Crippen LogP contribution in [0.2, 0.25) is 0 Å². The summed E-state index contributed by atoms with van der Waals surface area (Å²) in [6.45, 7) is 6.47. The van der Waals surface area contributed by atoms with Crippen LogP contribution in [-0.2, 0) is 0 Å². The summed E-state index contributed by atoms with van der Waals surface area (Å²) >= 11 is 1.33. The second-order valence-electron chi connectivity index (χ2n) is 6.55. The van der Waals surface area contributed by atoms with Crippen LogP contribution in [0.15, 0.2) is 48.5 Å². The van der Waals surface area contributed by atoms with Crippen molar-refractivity contribution in [3.05, 3.63) is 65.5 Å². The maximum absolute atomic E-state index is 14.1. The first-order valence-corrected chi connectivity index (χ1v) is 9.24. The van der Waals surface area contributed by atoms with E-state index in [1.54, 1.807) is 12.1 Å². The molecule has 2 aromatic carbocycles. The minimum absolute atomic E-state index is 0.0419. The second kappa shape index (κ2) is 7.74. The molecule has 0 unspecified atom stereocenters. The highest BCUT2D eigenvalue weighted by molar-refractivity contribution is 7.18. The number of hydrogen-bond acceptors (Lipinski definition) is 4. The molecular formula is C20H20FN3OS. The van der Waals surface area contributed by atoms with Gasteiger partial charge in [0, 0.05) is 12.1 Å². The van der Waals surface area contributed by atoms with Gasteiger partial charge in [0.2, 0.25) is 5.13 Å². The third-order valence-electron chi connectivity index (χ3n) is 3.84. The Balaban J connectivity index is 1.95. The van der Waals surface area contributed by atoms with Gasteiger partial charge in [0.15, 0.2) is 0 Å². The Morgan fingerprint density at radius 3 is 2.46 bits per heavy atom. The largest absolute Gasteiger partial charge is 0.282 e. The van der Waals surface area contributed by atoms with Crippen molar-refractivity contribution in [3.8, 4) is 10.6 Å². The van der Waals surface area contributed by atoms with Gasteiger partial charge in [0.05, 0.1) is 5.56 Å². The van der Waals surface area contributed by atoms with Crippen molar-refractivity contribution in [1.29, 1.82) is 0 Å². The molecule has 0 aliphatic carbocycles. The zero-order chi connectivity index (χ0) is 18.7. The van der Waals surface area contributed by atoms with Crippen molar-refractivity contribution in [2.45, 2.75) is 20.8 Å². The van der Waals surface area contributed by atoms with Gasteiger partial charge in [0.25, 0.3) is 5.91 Å². The van der Waals surface area contributed by atoms with E-state index in [9.17, 15) is 9.18 Å². The van der Waals surface area contributed by atoms with E-state index in [0.29, 0.717) is 11.7 Å². The minimum Gasteiger partial charge on any atom is -0.282 e. The minimum atomic E-state index is -0.533. The monoisotopic (exact) mass is 369 g/mol. The molecule has 0 spiro atoms. The van der Waals surface area contributed by atoms with Gasteiger partial charge in [0.1, 0.15) is 10.8 Å². The van der Waals surface area contributed by atoms with Crippen LogP contribution in [0, 0.1) is 18.7 Å². The first-order valence-electron chi connectivity index (χ1n) is 8.42. The van der Waals surface area contributed by atoms with Crippen molar-refractivity contribution in [3.63, 3.8) is 0 Å². The Bertz CT molecular complexity index is 905. The number of nitrogens with zero attached hydrogens (tertiary/aromatic N) is 3. The molecular weight excluding hydrogens is 349 g/mol. The van der Waals surface area contributed by atoms with Crippen molar-refractivity contribution in [1.82, 2.24) is 10.2 Å². The number of rotatable bonds is 5. The fraction of sp³-hybridized carbons (Fsp3) is 0.250. The summed E-state index contributed by atoms with van der Waals surface area (Å²) in [4.78, 5) is 14.4. The number of amides is 1.